The number of amides is 1. The van der Waals surface area contributed by atoms with Gasteiger partial charge in [-0.05, 0) is 42.7 Å². The van der Waals surface area contributed by atoms with E-state index in [-0.39, 0.29) is 17.9 Å². The highest BCUT2D eigenvalue weighted by Gasteiger charge is 2.40. The van der Waals surface area contributed by atoms with Crippen LogP contribution in [-0.2, 0) is 4.79 Å². The van der Waals surface area contributed by atoms with Crippen LogP contribution in [0.2, 0.25) is 5.02 Å². The van der Waals surface area contributed by atoms with Crippen molar-refractivity contribution >= 4 is 44.8 Å². The number of para-hydroxylation sites is 1. The summed E-state index contributed by atoms with van der Waals surface area (Å²) >= 11 is 9.98. The van der Waals surface area contributed by atoms with Crippen LogP contribution in [-0.4, -0.2) is 29.7 Å². The Balaban J connectivity index is 1.66. The van der Waals surface area contributed by atoms with Gasteiger partial charge < -0.3 is 0 Å². The van der Waals surface area contributed by atoms with E-state index in [2.05, 4.69) is 40.4 Å². The summed E-state index contributed by atoms with van der Waals surface area (Å²) < 4.78 is 1.01. The van der Waals surface area contributed by atoms with Crippen molar-refractivity contribution in [2.45, 2.75) is 32.2 Å². The van der Waals surface area contributed by atoms with Crippen LogP contribution in [0.4, 0.5) is 5.69 Å². The van der Waals surface area contributed by atoms with Gasteiger partial charge in [0.25, 0.3) is 5.91 Å². The van der Waals surface area contributed by atoms with Gasteiger partial charge in [-0.25, -0.2) is 5.01 Å². The zero-order chi connectivity index (χ0) is 20.4. The Bertz CT molecular complexity index is 911. The first-order valence-corrected chi connectivity index (χ1v) is 11.2. The number of carbonyl (C=O) groups excluding carboxylic acids is 1. The molecule has 0 saturated carbocycles. The fourth-order valence-corrected chi connectivity index (χ4v) is 4.51. The van der Waals surface area contributed by atoms with Gasteiger partial charge in [-0.1, -0.05) is 65.1 Å². The summed E-state index contributed by atoms with van der Waals surface area (Å²) in [5, 5.41) is 9.27. The third kappa shape index (κ3) is 4.34. The van der Waals surface area contributed by atoms with Crippen LogP contribution in [0.25, 0.3) is 0 Å². The Kier molecular flexibility index (Phi) is 6.23. The van der Waals surface area contributed by atoms with Gasteiger partial charge in [0.1, 0.15) is 5.71 Å². The fraction of sp³-hybridized carbons (Fsp3) is 0.364. The molecule has 0 bridgehead atoms. The van der Waals surface area contributed by atoms with E-state index < -0.39 is 0 Å². The minimum absolute atomic E-state index is 0.0859. The van der Waals surface area contributed by atoms with E-state index in [1.807, 2.05) is 46.4 Å². The third-order valence-corrected chi connectivity index (χ3v) is 6.39. The lowest BCUT2D eigenvalue weighted by Crippen LogP contribution is -2.48. The first kappa shape index (κ1) is 20.4. The quantitative estimate of drug-likeness (QED) is 0.663. The lowest BCUT2D eigenvalue weighted by molar-refractivity contribution is -0.120. The number of hydrazone groups is 1. The van der Waals surface area contributed by atoms with Crippen LogP contribution in [0.3, 0.4) is 0 Å². The highest BCUT2D eigenvalue weighted by Crippen LogP contribution is 2.41. The normalized spacial score (nSPS) is 22.4. The summed E-state index contributed by atoms with van der Waals surface area (Å²) in [7, 11) is 0. The zero-order valence-electron chi connectivity index (χ0n) is 16.3. The molecule has 1 saturated heterocycles. The van der Waals surface area contributed by atoms with E-state index in [1.54, 1.807) is 0 Å². The maximum absolute atomic E-state index is 13.1. The molecule has 5 nitrogen and oxygen atoms in total. The molecule has 2 aromatic carbocycles. The molecular formula is C22H24BrClN4O. The average molecular weight is 476 g/mol. The number of hydrazine groups is 1. The van der Waals surface area contributed by atoms with Crippen molar-refractivity contribution in [1.82, 2.24) is 10.4 Å². The fourth-order valence-electron chi connectivity index (χ4n) is 4.02. The summed E-state index contributed by atoms with van der Waals surface area (Å²) in [6, 6.07) is 15.7. The lowest BCUT2D eigenvalue weighted by atomic mass is 9.91. The predicted octanol–water partition coefficient (Wildman–Crippen LogP) is 5.17. The molecular weight excluding hydrogens is 452 g/mol. The largest absolute Gasteiger partial charge is 0.284 e. The van der Waals surface area contributed by atoms with Crippen molar-refractivity contribution in [1.29, 1.82) is 0 Å². The second-order valence-electron chi connectivity index (χ2n) is 7.55. The van der Waals surface area contributed by atoms with Crippen molar-refractivity contribution in [3.8, 4) is 0 Å². The number of benzene rings is 2. The number of nitrogens with zero attached hydrogens (tertiary/aromatic N) is 3. The van der Waals surface area contributed by atoms with E-state index in [0.717, 1.165) is 41.7 Å². The van der Waals surface area contributed by atoms with Crippen molar-refractivity contribution in [2.75, 3.05) is 18.1 Å². The second kappa shape index (κ2) is 8.86. The highest BCUT2D eigenvalue weighted by atomic mass is 79.9. The van der Waals surface area contributed by atoms with E-state index in [9.17, 15) is 4.79 Å². The zero-order valence-corrected chi connectivity index (χ0v) is 18.7. The van der Waals surface area contributed by atoms with Crippen LogP contribution in [0.5, 0.6) is 0 Å². The molecule has 29 heavy (non-hydrogen) atoms. The molecule has 0 spiro atoms. The van der Waals surface area contributed by atoms with E-state index in [1.165, 1.54) is 6.42 Å². The van der Waals surface area contributed by atoms with Crippen molar-refractivity contribution in [3.05, 3.63) is 63.6 Å². The van der Waals surface area contributed by atoms with E-state index in [0.29, 0.717) is 10.7 Å². The predicted molar refractivity (Wildman–Crippen MR) is 121 cm³/mol. The van der Waals surface area contributed by atoms with Crippen molar-refractivity contribution < 1.29 is 4.79 Å². The summed E-state index contributed by atoms with van der Waals surface area (Å²) in [6.07, 6.45) is 3.43. The van der Waals surface area contributed by atoms with Gasteiger partial charge >= 0.3 is 0 Å². The minimum Gasteiger partial charge on any atom is -0.284 e. The number of hydrogen-bond donors (Lipinski definition) is 1. The minimum atomic E-state index is -0.129. The number of nitrogens with one attached hydrogen (secondary N) is 1. The maximum atomic E-state index is 13.1. The first-order valence-electron chi connectivity index (χ1n) is 9.98. The molecule has 2 aliphatic heterocycles. The Hall–Kier alpha value is -1.89. The molecule has 1 amide bonds. The van der Waals surface area contributed by atoms with Gasteiger partial charge in [0, 0.05) is 23.5 Å². The smallest absolute Gasteiger partial charge is 0.282 e. The SMILES string of the molecule is C[C@H]1C(C(=O)NN2CCCCC2)=NN(c2ccccc2Cl)[C@H]1c1ccc(Br)cc1. The monoisotopic (exact) mass is 474 g/mol. The van der Waals surface area contributed by atoms with Crippen LogP contribution in [0.1, 0.15) is 37.8 Å². The second-order valence-corrected chi connectivity index (χ2v) is 8.88. The maximum Gasteiger partial charge on any atom is 0.282 e. The first-order chi connectivity index (χ1) is 14.0. The Morgan fingerprint density at radius 3 is 2.48 bits per heavy atom. The summed E-state index contributed by atoms with van der Waals surface area (Å²) in [5.74, 6) is -0.215. The Morgan fingerprint density at radius 2 is 1.79 bits per heavy atom. The highest BCUT2D eigenvalue weighted by molar-refractivity contribution is 9.10. The Morgan fingerprint density at radius 1 is 1.10 bits per heavy atom. The number of carbonyl (C=O) groups is 1. The van der Waals surface area contributed by atoms with Gasteiger partial charge in [0.15, 0.2) is 0 Å². The molecule has 2 atom stereocenters. The molecule has 0 aliphatic carbocycles. The van der Waals surface area contributed by atoms with Crippen LogP contribution in [0, 0.1) is 5.92 Å². The molecule has 0 unspecified atom stereocenters. The lowest BCUT2D eigenvalue weighted by Gasteiger charge is -2.28. The molecule has 2 aromatic rings. The summed E-state index contributed by atoms with van der Waals surface area (Å²) in [5.41, 5.74) is 5.48. The van der Waals surface area contributed by atoms with Crippen LogP contribution in [0.15, 0.2) is 58.1 Å². The molecule has 4 rings (SSSR count). The number of rotatable bonds is 4. The van der Waals surface area contributed by atoms with Gasteiger partial charge in [0.2, 0.25) is 0 Å². The van der Waals surface area contributed by atoms with Crippen molar-refractivity contribution in [2.24, 2.45) is 11.0 Å². The molecule has 152 valence electrons. The molecule has 0 aromatic heterocycles. The number of hydrogen-bond acceptors (Lipinski definition) is 4. The Labute approximate surface area is 184 Å². The summed E-state index contributed by atoms with van der Waals surface area (Å²) in [6.45, 7) is 3.83. The standard InChI is InChI=1S/C22H24BrClN4O/c1-15-20(22(29)26-27-13-5-2-6-14-27)25-28(19-8-4-3-7-18(19)24)21(15)16-9-11-17(23)12-10-16/h3-4,7-12,15,21H,2,5-6,13-14H2,1H3,(H,26,29)/t15-,21+/m0/s1. The van der Waals surface area contributed by atoms with Crippen molar-refractivity contribution in [3.63, 3.8) is 0 Å². The van der Waals surface area contributed by atoms with Crippen LogP contribution < -0.4 is 10.4 Å². The molecule has 1 N–H and O–H groups in total. The third-order valence-electron chi connectivity index (χ3n) is 5.54. The van der Waals surface area contributed by atoms with Crippen LogP contribution >= 0.6 is 27.5 Å². The molecule has 2 aliphatic rings. The van der Waals surface area contributed by atoms with Gasteiger partial charge in [0.05, 0.1) is 16.8 Å². The van der Waals surface area contributed by atoms with E-state index in [4.69, 9.17) is 16.7 Å². The molecule has 2 heterocycles. The molecule has 0 radical (unpaired) electrons. The molecule has 1 fully saturated rings. The average Bonchev–Trinajstić information content (AvgIpc) is 3.07. The van der Waals surface area contributed by atoms with Gasteiger partial charge in [-0.2, -0.15) is 5.10 Å². The number of piperidine rings is 1. The summed E-state index contributed by atoms with van der Waals surface area (Å²) in [4.78, 5) is 13.1. The number of anilines is 1. The molecule has 7 heteroatoms. The van der Waals surface area contributed by atoms with E-state index >= 15 is 0 Å². The van der Waals surface area contributed by atoms with Gasteiger partial charge in [-0.3, -0.25) is 15.2 Å². The van der Waals surface area contributed by atoms with Gasteiger partial charge in [-0.15, -0.1) is 0 Å². The topological polar surface area (TPSA) is 47.9 Å². The number of halogens is 2.